The first-order valence-electron chi connectivity index (χ1n) is 5.50. The average Bonchev–Trinajstić information content (AvgIpc) is 2.39. The Hall–Kier alpha value is -2.60. The summed E-state index contributed by atoms with van der Waals surface area (Å²) in [5.74, 6) is 2.34. The summed E-state index contributed by atoms with van der Waals surface area (Å²) in [5, 5.41) is 2.80. The summed E-state index contributed by atoms with van der Waals surface area (Å²) in [7, 11) is 0. The zero-order valence-corrected chi connectivity index (χ0v) is 9.97. The van der Waals surface area contributed by atoms with Gasteiger partial charge in [0.2, 0.25) is 0 Å². The van der Waals surface area contributed by atoms with E-state index in [2.05, 4.69) is 16.2 Å². The molecule has 3 nitrogen and oxygen atoms in total. The van der Waals surface area contributed by atoms with Crippen molar-refractivity contribution in [2.45, 2.75) is 6.92 Å². The smallest absolute Gasteiger partial charge is 0.257 e. The maximum absolute atomic E-state index is 12.0. The molecule has 1 heterocycles. The molecule has 0 fully saturated rings. The van der Waals surface area contributed by atoms with Crippen LogP contribution in [0.25, 0.3) is 0 Å². The molecule has 0 bridgehead atoms. The first kappa shape index (κ1) is 11.9. The number of rotatable bonds is 2. The summed E-state index contributed by atoms with van der Waals surface area (Å²) in [6.45, 7) is 1.80. The average molecular weight is 236 g/mol. The summed E-state index contributed by atoms with van der Waals surface area (Å²) in [6, 6.07) is 10.6. The summed E-state index contributed by atoms with van der Waals surface area (Å²) < 4.78 is 0. The monoisotopic (exact) mass is 236 g/mol. The van der Waals surface area contributed by atoms with Crippen LogP contribution in [0.1, 0.15) is 21.6 Å². The number of nitrogens with zero attached hydrogens (tertiary/aromatic N) is 1. The number of aromatic nitrogens is 1. The number of benzene rings is 1. The molecule has 0 saturated carbocycles. The van der Waals surface area contributed by atoms with Gasteiger partial charge in [0, 0.05) is 23.1 Å². The molecule has 0 radical (unpaired) electrons. The Bertz CT molecular complexity index is 626. The first-order valence-corrected chi connectivity index (χ1v) is 5.50. The molecule has 0 aliphatic rings. The second-order valence-electron chi connectivity index (χ2n) is 3.82. The lowest BCUT2D eigenvalue weighted by Crippen LogP contribution is -2.13. The highest BCUT2D eigenvalue weighted by molar-refractivity contribution is 6.05. The maximum Gasteiger partial charge on any atom is 0.257 e. The quantitative estimate of drug-likeness (QED) is 0.814. The molecule has 0 spiro atoms. The minimum Gasteiger partial charge on any atom is -0.322 e. The van der Waals surface area contributed by atoms with Crippen LogP contribution in [-0.2, 0) is 0 Å². The second kappa shape index (κ2) is 5.15. The molecule has 0 unspecified atom stereocenters. The van der Waals surface area contributed by atoms with Gasteiger partial charge in [-0.15, -0.1) is 6.42 Å². The van der Waals surface area contributed by atoms with Crippen LogP contribution in [0.15, 0.2) is 42.6 Å². The fourth-order valence-corrected chi connectivity index (χ4v) is 1.61. The van der Waals surface area contributed by atoms with Crippen LogP contribution in [0.4, 0.5) is 5.69 Å². The van der Waals surface area contributed by atoms with Crippen molar-refractivity contribution in [3.05, 3.63) is 59.4 Å². The lowest BCUT2D eigenvalue weighted by molar-refractivity contribution is 0.102. The van der Waals surface area contributed by atoms with Crippen LogP contribution < -0.4 is 5.32 Å². The molecule has 1 N–H and O–H groups in total. The molecule has 0 aliphatic heterocycles. The predicted molar refractivity (Wildman–Crippen MR) is 71.3 cm³/mol. The number of amides is 1. The van der Waals surface area contributed by atoms with Gasteiger partial charge in [0.15, 0.2) is 0 Å². The van der Waals surface area contributed by atoms with Gasteiger partial charge < -0.3 is 5.32 Å². The van der Waals surface area contributed by atoms with E-state index < -0.39 is 0 Å². The van der Waals surface area contributed by atoms with Crippen molar-refractivity contribution in [3.63, 3.8) is 0 Å². The maximum atomic E-state index is 12.0. The Labute approximate surface area is 106 Å². The lowest BCUT2D eigenvalue weighted by atomic mass is 10.1. The SMILES string of the molecule is C#Cc1cccc(NC(=O)c2cccnc2C)c1. The molecule has 3 heteroatoms. The van der Waals surface area contributed by atoms with E-state index in [9.17, 15) is 4.79 Å². The highest BCUT2D eigenvalue weighted by Gasteiger charge is 2.09. The van der Waals surface area contributed by atoms with E-state index >= 15 is 0 Å². The summed E-state index contributed by atoms with van der Waals surface area (Å²) in [5.41, 5.74) is 2.67. The Morgan fingerprint density at radius 2 is 2.17 bits per heavy atom. The fourth-order valence-electron chi connectivity index (χ4n) is 1.61. The summed E-state index contributed by atoms with van der Waals surface area (Å²) >= 11 is 0. The van der Waals surface area contributed by atoms with Crippen LogP contribution >= 0.6 is 0 Å². The fraction of sp³-hybridized carbons (Fsp3) is 0.0667. The number of terminal acetylenes is 1. The molecule has 88 valence electrons. The Morgan fingerprint density at radius 1 is 1.33 bits per heavy atom. The standard InChI is InChI=1S/C15H12N2O/c1-3-12-6-4-7-13(10-12)17-15(18)14-8-5-9-16-11(14)2/h1,4-10H,2H3,(H,17,18). The second-order valence-corrected chi connectivity index (χ2v) is 3.82. The molecule has 0 atom stereocenters. The highest BCUT2D eigenvalue weighted by atomic mass is 16.1. The van der Waals surface area contributed by atoms with Gasteiger partial charge in [-0.2, -0.15) is 0 Å². The third-order valence-corrected chi connectivity index (χ3v) is 2.54. The Balaban J connectivity index is 2.22. The normalized spacial score (nSPS) is 9.56. The van der Waals surface area contributed by atoms with Crippen molar-refractivity contribution in [2.75, 3.05) is 5.32 Å². The van der Waals surface area contributed by atoms with Gasteiger partial charge in [0.25, 0.3) is 5.91 Å². The van der Waals surface area contributed by atoms with Gasteiger partial charge in [-0.25, -0.2) is 0 Å². The largest absolute Gasteiger partial charge is 0.322 e. The third kappa shape index (κ3) is 2.55. The summed E-state index contributed by atoms with van der Waals surface area (Å²) in [4.78, 5) is 16.1. The molecule has 2 rings (SSSR count). The van der Waals surface area contributed by atoms with Crippen molar-refractivity contribution in [1.82, 2.24) is 4.98 Å². The van der Waals surface area contributed by atoms with Crippen molar-refractivity contribution < 1.29 is 4.79 Å². The van der Waals surface area contributed by atoms with E-state index in [0.717, 1.165) is 5.56 Å². The molecule has 1 aromatic carbocycles. The minimum absolute atomic E-state index is 0.185. The lowest BCUT2D eigenvalue weighted by Gasteiger charge is -2.07. The van der Waals surface area contributed by atoms with Crippen LogP contribution in [0, 0.1) is 19.3 Å². The molecule has 18 heavy (non-hydrogen) atoms. The van der Waals surface area contributed by atoms with Gasteiger partial charge in [-0.1, -0.05) is 12.0 Å². The molecule has 2 aromatic rings. The van der Waals surface area contributed by atoms with E-state index in [0.29, 0.717) is 16.9 Å². The van der Waals surface area contributed by atoms with Crippen LogP contribution in [0.2, 0.25) is 0 Å². The van der Waals surface area contributed by atoms with Gasteiger partial charge in [-0.05, 0) is 37.3 Å². The van der Waals surface area contributed by atoms with E-state index in [-0.39, 0.29) is 5.91 Å². The van der Waals surface area contributed by atoms with Crippen LogP contribution in [0.5, 0.6) is 0 Å². The number of nitrogens with one attached hydrogen (secondary N) is 1. The number of carbonyl (C=O) groups excluding carboxylic acids is 1. The minimum atomic E-state index is -0.185. The number of pyridine rings is 1. The highest BCUT2D eigenvalue weighted by Crippen LogP contribution is 2.12. The number of carbonyl (C=O) groups is 1. The van der Waals surface area contributed by atoms with E-state index in [1.165, 1.54) is 0 Å². The van der Waals surface area contributed by atoms with Gasteiger partial charge >= 0.3 is 0 Å². The van der Waals surface area contributed by atoms with Crippen molar-refractivity contribution in [3.8, 4) is 12.3 Å². The number of hydrogen-bond donors (Lipinski definition) is 1. The Morgan fingerprint density at radius 3 is 2.89 bits per heavy atom. The van der Waals surface area contributed by atoms with Crippen molar-refractivity contribution in [2.24, 2.45) is 0 Å². The number of aryl methyl sites for hydroxylation is 1. The van der Waals surface area contributed by atoms with Crippen molar-refractivity contribution >= 4 is 11.6 Å². The van der Waals surface area contributed by atoms with Crippen molar-refractivity contribution in [1.29, 1.82) is 0 Å². The zero-order valence-electron chi connectivity index (χ0n) is 9.97. The van der Waals surface area contributed by atoms with E-state index in [1.807, 2.05) is 6.07 Å². The van der Waals surface area contributed by atoms with Crippen LogP contribution in [-0.4, -0.2) is 10.9 Å². The molecule has 0 saturated heterocycles. The van der Waals surface area contributed by atoms with Crippen LogP contribution in [0.3, 0.4) is 0 Å². The molecule has 1 aromatic heterocycles. The molecule has 1 amide bonds. The number of anilines is 1. The number of hydrogen-bond acceptors (Lipinski definition) is 2. The van der Waals surface area contributed by atoms with Gasteiger partial charge in [0.1, 0.15) is 0 Å². The Kier molecular flexibility index (Phi) is 3.40. The third-order valence-electron chi connectivity index (χ3n) is 2.54. The van der Waals surface area contributed by atoms with Gasteiger partial charge in [0.05, 0.1) is 5.56 Å². The topological polar surface area (TPSA) is 42.0 Å². The molecular formula is C15H12N2O. The molecule has 0 aliphatic carbocycles. The molecular weight excluding hydrogens is 224 g/mol. The van der Waals surface area contributed by atoms with E-state index in [1.54, 1.807) is 43.5 Å². The predicted octanol–water partition coefficient (Wildman–Crippen LogP) is 2.62. The zero-order chi connectivity index (χ0) is 13.0. The van der Waals surface area contributed by atoms with E-state index in [4.69, 9.17) is 6.42 Å². The summed E-state index contributed by atoms with van der Waals surface area (Å²) in [6.07, 6.45) is 6.97. The van der Waals surface area contributed by atoms with Gasteiger partial charge in [-0.3, -0.25) is 9.78 Å². The first-order chi connectivity index (χ1) is 8.70.